The molecule has 0 aliphatic heterocycles. The van der Waals surface area contributed by atoms with Crippen LogP contribution in [0.15, 0.2) is 24.3 Å². The van der Waals surface area contributed by atoms with E-state index >= 15 is 9.59 Å². The maximum atomic E-state index is 15.2. The molecule has 1 aromatic rings. The van der Waals surface area contributed by atoms with Crippen molar-refractivity contribution < 1.29 is 28.6 Å². The summed E-state index contributed by atoms with van der Waals surface area (Å²) in [5, 5.41) is 0. The predicted octanol–water partition coefficient (Wildman–Crippen LogP) is 7.67. The summed E-state index contributed by atoms with van der Waals surface area (Å²) in [4.78, 5) is 44.6. The molecule has 0 aromatic heterocycles. The molecule has 8 bridgehead atoms. The van der Waals surface area contributed by atoms with Crippen LogP contribution in [0.2, 0.25) is 0 Å². The van der Waals surface area contributed by atoms with E-state index in [1.165, 1.54) is 12.8 Å². The number of ketones is 1. The molecular formula is C40H52O6. The number of esters is 2. The Kier molecular flexibility index (Phi) is 7.35. The van der Waals surface area contributed by atoms with Crippen molar-refractivity contribution in [2.45, 2.75) is 121 Å². The monoisotopic (exact) mass is 628 g/mol. The number of Topliss-reactive ketones (excluding diaryl/α,β-unsaturated/α-hetero) is 1. The van der Waals surface area contributed by atoms with Crippen LogP contribution in [0, 0.1) is 64.6 Å². The van der Waals surface area contributed by atoms with Gasteiger partial charge in [0, 0.05) is 12.3 Å². The number of fused-ring (bicyclic) bond motifs is 1. The average molecular weight is 629 g/mol. The maximum Gasteiger partial charge on any atom is 0.324 e. The largest absolute Gasteiger partial charge is 0.497 e. The number of rotatable bonds is 6. The van der Waals surface area contributed by atoms with Gasteiger partial charge in [0.15, 0.2) is 5.41 Å². The van der Waals surface area contributed by atoms with E-state index in [1.54, 1.807) is 7.11 Å². The van der Waals surface area contributed by atoms with Crippen LogP contribution >= 0.6 is 0 Å². The van der Waals surface area contributed by atoms with Gasteiger partial charge in [-0.05, 0) is 160 Å². The van der Waals surface area contributed by atoms with Gasteiger partial charge >= 0.3 is 11.9 Å². The highest BCUT2D eigenvalue weighted by atomic mass is 16.6. The third-order valence-electron chi connectivity index (χ3n) is 14.9. The highest BCUT2D eigenvalue weighted by molar-refractivity contribution is 6.02. The number of methoxy groups -OCH3 is 1. The van der Waals surface area contributed by atoms with Gasteiger partial charge in [0.2, 0.25) is 0 Å². The van der Waals surface area contributed by atoms with E-state index in [0.29, 0.717) is 42.9 Å². The minimum atomic E-state index is -1.45. The van der Waals surface area contributed by atoms with E-state index < -0.39 is 5.41 Å². The molecule has 0 amide bonds. The number of ether oxygens (including phenoxy) is 3. The van der Waals surface area contributed by atoms with Crippen LogP contribution in [-0.2, 0) is 23.9 Å². The molecule has 10 aliphatic carbocycles. The van der Waals surface area contributed by atoms with Crippen LogP contribution in [0.3, 0.4) is 0 Å². The Morgan fingerprint density at radius 1 is 0.674 bits per heavy atom. The van der Waals surface area contributed by atoms with E-state index in [4.69, 9.17) is 14.2 Å². The van der Waals surface area contributed by atoms with Crippen molar-refractivity contribution in [2.24, 2.45) is 64.6 Å². The second kappa shape index (κ2) is 11.4. The predicted molar refractivity (Wildman–Crippen MR) is 172 cm³/mol. The first-order valence-corrected chi connectivity index (χ1v) is 19.0. The van der Waals surface area contributed by atoms with Crippen molar-refractivity contribution >= 4 is 17.7 Å². The van der Waals surface area contributed by atoms with Crippen molar-refractivity contribution in [1.82, 2.24) is 0 Å². The third kappa shape index (κ3) is 4.80. The molecule has 0 N–H and O–H groups in total. The molecule has 0 unspecified atom stereocenters. The van der Waals surface area contributed by atoms with E-state index in [2.05, 4.69) is 0 Å². The van der Waals surface area contributed by atoms with Crippen LogP contribution in [0.4, 0.5) is 0 Å². The summed E-state index contributed by atoms with van der Waals surface area (Å²) < 4.78 is 19.0. The molecular weight excluding hydrogens is 576 g/mol. The highest BCUT2D eigenvalue weighted by Crippen LogP contribution is 2.59. The summed E-state index contributed by atoms with van der Waals surface area (Å²) in [5.74, 6) is 4.05. The van der Waals surface area contributed by atoms with Gasteiger partial charge in [0.25, 0.3) is 0 Å². The van der Waals surface area contributed by atoms with Gasteiger partial charge in [-0.25, -0.2) is 0 Å². The van der Waals surface area contributed by atoms with Gasteiger partial charge in [0.05, 0.1) is 7.11 Å². The fourth-order valence-electron chi connectivity index (χ4n) is 13.4. The second-order valence-corrected chi connectivity index (χ2v) is 17.4. The molecule has 6 nitrogen and oxygen atoms in total. The number of carbonyl (C=O) groups is 3. The van der Waals surface area contributed by atoms with Crippen molar-refractivity contribution in [2.75, 3.05) is 7.11 Å². The van der Waals surface area contributed by atoms with Crippen molar-refractivity contribution in [3.63, 3.8) is 0 Å². The molecule has 46 heavy (non-hydrogen) atoms. The topological polar surface area (TPSA) is 78.9 Å². The quantitative estimate of drug-likeness (QED) is 0.238. The first-order valence-electron chi connectivity index (χ1n) is 19.0. The lowest BCUT2D eigenvalue weighted by molar-refractivity contribution is -0.206. The Morgan fingerprint density at radius 2 is 1.15 bits per heavy atom. The lowest BCUT2D eigenvalue weighted by atomic mass is 9.54. The first-order chi connectivity index (χ1) is 22.4. The Morgan fingerprint density at radius 3 is 1.63 bits per heavy atom. The van der Waals surface area contributed by atoms with E-state index in [-0.39, 0.29) is 47.7 Å². The molecule has 3 atom stereocenters. The zero-order valence-corrected chi connectivity index (χ0v) is 27.6. The van der Waals surface area contributed by atoms with Gasteiger partial charge in [-0.1, -0.05) is 25.0 Å². The van der Waals surface area contributed by atoms with Crippen molar-refractivity contribution in [1.29, 1.82) is 0 Å². The molecule has 1 aromatic carbocycles. The fourth-order valence-corrected chi connectivity index (χ4v) is 13.4. The van der Waals surface area contributed by atoms with Crippen LogP contribution in [0.5, 0.6) is 5.75 Å². The summed E-state index contributed by atoms with van der Waals surface area (Å²) in [6, 6.07) is 7.89. The Hall–Kier alpha value is -2.37. The van der Waals surface area contributed by atoms with Gasteiger partial charge in [-0.2, -0.15) is 0 Å². The zero-order chi connectivity index (χ0) is 31.2. The van der Waals surface area contributed by atoms with Crippen molar-refractivity contribution in [3.8, 4) is 5.75 Å². The van der Waals surface area contributed by atoms with Gasteiger partial charge < -0.3 is 14.2 Å². The minimum absolute atomic E-state index is 0.105. The lowest BCUT2D eigenvalue weighted by Gasteiger charge is -2.55. The first kappa shape index (κ1) is 29.7. The number of benzene rings is 1. The van der Waals surface area contributed by atoms with Crippen LogP contribution in [0.1, 0.15) is 114 Å². The molecule has 10 fully saturated rings. The molecule has 0 radical (unpaired) electrons. The summed E-state index contributed by atoms with van der Waals surface area (Å²) in [6.07, 6.45) is 15.6. The summed E-state index contributed by atoms with van der Waals surface area (Å²) in [5.41, 5.74) is -0.465. The highest BCUT2D eigenvalue weighted by Gasteiger charge is 2.63. The van der Waals surface area contributed by atoms with Crippen LogP contribution in [0.25, 0.3) is 0 Å². The summed E-state index contributed by atoms with van der Waals surface area (Å²) >= 11 is 0. The van der Waals surface area contributed by atoms with Gasteiger partial charge in [0.1, 0.15) is 23.7 Å². The van der Waals surface area contributed by atoms with Crippen molar-refractivity contribution in [3.05, 3.63) is 29.8 Å². The van der Waals surface area contributed by atoms with E-state index in [0.717, 1.165) is 106 Å². The Bertz CT molecular complexity index is 1250. The molecule has 10 aliphatic rings. The maximum absolute atomic E-state index is 15.2. The van der Waals surface area contributed by atoms with Crippen LogP contribution in [-0.4, -0.2) is 37.0 Å². The Labute approximate surface area is 274 Å². The number of hydrogen-bond donors (Lipinski definition) is 0. The second-order valence-electron chi connectivity index (χ2n) is 17.4. The average Bonchev–Trinajstić information content (AvgIpc) is 3.18. The molecule has 11 rings (SSSR count). The molecule has 248 valence electrons. The summed E-state index contributed by atoms with van der Waals surface area (Å²) in [6.45, 7) is 0. The lowest BCUT2D eigenvalue weighted by Crippen LogP contribution is -2.57. The van der Waals surface area contributed by atoms with Crippen LogP contribution < -0.4 is 4.74 Å². The van der Waals surface area contributed by atoms with Gasteiger partial charge in [-0.3, -0.25) is 14.4 Å². The van der Waals surface area contributed by atoms with E-state index in [1.807, 2.05) is 24.3 Å². The third-order valence-corrected chi connectivity index (χ3v) is 14.9. The Balaban J connectivity index is 1.10. The number of hydrogen-bond acceptors (Lipinski definition) is 6. The van der Waals surface area contributed by atoms with E-state index in [9.17, 15) is 4.79 Å². The molecule has 6 heteroatoms. The summed E-state index contributed by atoms with van der Waals surface area (Å²) in [7, 11) is 1.65. The zero-order valence-electron chi connectivity index (χ0n) is 27.6. The standard InChI is InChI=1S/C40H52O6/c1-44-32-8-6-26(7-9-32)31-20-35(41)33-4-2-3-5-34(33)40(21-31,38(42)45-36-27-12-22-10-23(14-27)15-28(36)13-22)39(43)46-37-29-16-24-11-25(18-29)19-30(37)17-24/h6-9,22-25,27-31,33-34,36-37H,2-5,10-21H2,1H3/t22?,23?,24?,25?,27?,28?,29?,30?,31-,33+,34-,36?,37?,40?/m0/s1. The molecule has 10 saturated carbocycles. The normalized spacial score (nSPS) is 46.8. The molecule has 0 heterocycles. The smallest absolute Gasteiger partial charge is 0.324 e. The van der Waals surface area contributed by atoms with Gasteiger partial charge in [-0.15, -0.1) is 0 Å². The fraction of sp³-hybridized carbons (Fsp3) is 0.775. The molecule has 0 saturated heterocycles. The molecule has 0 spiro atoms. The SMILES string of the molecule is COc1ccc([C@H]2CC(=O)[C@@H]3CCCC[C@@H]3C(C(=O)OC3C4CC5CC(C4)CC3C5)(C(=O)OC3C4CC5CC(C4)CC3C5)C2)cc1. The number of carbonyl (C=O) groups excluding carboxylic acids is 3. The minimum Gasteiger partial charge on any atom is -0.497 e.